The van der Waals surface area contributed by atoms with Crippen LogP contribution in [0.1, 0.15) is 5.56 Å². The Morgan fingerprint density at radius 1 is 1.17 bits per heavy atom. The summed E-state index contributed by atoms with van der Waals surface area (Å²) in [5.74, 6) is 0.588. The minimum Gasteiger partial charge on any atom is -0.436 e. The van der Waals surface area contributed by atoms with Crippen LogP contribution in [0.4, 0.5) is 0 Å². The van der Waals surface area contributed by atoms with Gasteiger partial charge >= 0.3 is 0 Å². The number of fused-ring (bicyclic) bond motifs is 1. The lowest BCUT2D eigenvalue weighted by Crippen LogP contribution is -1.77. The van der Waals surface area contributed by atoms with Crippen LogP contribution in [-0.2, 0) is 0 Å². The van der Waals surface area contributed by atoms with Crippen molar-refractivity contribution >= 4 is 38.6 Å². The largest absolute Gasteiger partial charge is 0.436 e. The molecule has 3 rings (SSSR count). The van der Waals surface area contributed by atoms with Gasteiger partial charge < -0.3 is 4.42 Å². The highest BCUT2D eigenvalue weighted by Gasteiger charge is 2.09. The fourth-order valence-corrected chi connectivity index (χ4v) is 2.21. The van der Waals surface area contributed by atoms with Crippen molar-refractivity contribution in [2.45, 2.75) is 6.92 Å². The molecule has 0 bridgehead atoms. The molecule has 18 heavy (non-hydrogen) atoms. The Labute approximate surface area is 118 Å². The van der Waals surface area contributed by atoms with Crippen molar-refractivity contribution < 1.29 is 4.42 Å². The molecular formula is C14H9BrClNO. The van der Waals surface area contributed by atoms with Crippen molar-refractivity contribution in [3.63, 3.8) is 0 Å². The number of aryl methyl sites for hydroxylation is 1. The molecule has 90 valence electrons. The summed E-state index contributed by atoms with van der Waals surface area (Å²) in [5.41, 5.74) is 3.68. The van der Waals surface area contributed by atoms with E-state index < -0.39 is 0 Å². The summed E-state index contributed by atoms with van der Waals surface area (Å²) in [5, 5.41) is 0.644. The standard InChI is InChI=1S/C14H9BrClNO/c1-8-2-5-12-13(6-8)18-14(17-12)9-3-4-10(15)11(16)7-9/h2-7H,1H3. The van der Waals surface area contributed by atoms with Gasteiger partial charge in [0.2, 0.25) is 5.89 Å². The van der Waals surface area contributed by atoms with Gasteiger partial charge in [-0.2, -0.15) is 0 Å². The summed E-state index contributed by atoms with van der Waals surface area (Å²) >= 11 is 9.43. The monoisotopic (exact) mass is 321 g/mol. The lowest BCUT2D eigenvalue weighted by atomic mass is 10.2. The normalized spacial score (nSPS) is 11.1. The molecule has 0 aliphatic carbocycles. The van der Waals surface area contributed by atoms with E-state index in [1.54, 1.807) is 0 Å². The molecule has 0 fully saturated rings. The summed E-state index contributed by atoms with van der Waals surface area (Å²) in [4.78, 5) is 4.45. The van der Waals surface area contributed by atoms with Gasteiger partial charge in [0.25, 0.3) is 0 Å². The zero-order chi connectivity index (χ0) is 12.7. The van der Waals surface area contributed by atoms with Crippen LogP contribution in [0.15, 0.2) is 45.3 Å². The smallest absolute Gasteiger partial charge is 0.227 e. The van der Waals surface area contributed by atoms with Crippen molar-refractivity contribution in [1.29, 1.82) is 0 Å². The SMILES string of the molecule is Cc1ccc2nc(-c3ccc(Br)c(Cl)c3)oc2c1. The first kappa shape index (κ1) is 11.8. The predicted molar refractivity (Wildman–Crippen MR) is 76.9 cm³/mol. The second kappa shape index (κ2) is 4.41. The van der Waals surface area contributed by atoms with Crippen LogP contribution in [0, 0.1) is 6.92 Å². The van der Waals surface area contributed by atoms with Crippen LogP contribution in [0.2, 0.25) is 5.02 Å². The Morgan fingerprint density at radius 3 is 2.78 bits per heavy atom. The summed E-state index contributed by atoms with van der Waals surface area (Å²) in [6.07, 6.45) is 0. The Bertz CT molecular complexity index is 736. The average molecular weight is 323 g/mol. The lowest BCUT2D eigenvalue weighted by molar-refractivity contribution is 0.619. The first-order chi connectivity index (χ1) is 8.63. The van der Waals surface area contributed by atoms with Crippen LogP contribution in [0.25, 0.3) is 22.6 Å². The lowest BCUT2D eigenvalue weighted by Gasteiger charge is -1.98. The zero-order valence-corrected chi connectivity index (χ0v) is 11.9. The summed E-state index contributed by atoms with van der Waals surface area (Å²) in [7, 11) is 0. The van der Waals surface area contributed by atoms with Crippen molar-refractivity contribution in [2.24, 2.45) is 0 Å². The van der Waals surface area contributed by atoms with Crippen molar-refractivity contribution in [2.75, 3.05) is 0 Å². The van der Waals surface area contributed by atoms with E-state index in [9.17, 15) is 0 Å². The maximum absolute atomic E-state index is 6.07. The zero-order valence-electron chi connectivity index (χ0n) is 9.58. The van der Waals surface area contributed by atoms with E-state index in [0.29, 0.717) is 10.9 Å². The van der Waals surface area contributed by atoms with Gasteiger partial charge in [0, 0.05) is 10.0 Å². The minimum absolute atomic E-state index is 0.588. The molecule has 0 aliphatic rings. The van der Waals surface area contributed by atoms with Gasteiger partial charge in [0.15, 0.2) is 5.58 Å². The third kappa shape index (κ3) is 2.04. The van der Waals surface area contributed by atoms with E-state index in [1.807, 2.05) is 43.3 Å². The number of rotatable bonds is 1. The van der Waals surface area contributed by atoms with Crippen LogP contribution in [0.3, 0.4) is 0 Å². The van der Waals surface area contributed by atoms with Gasteiger partial charge in [0.05, 0.1) is 5.02 Å². The van der Waals surface area contributed by atoms with Crippen LogP contribution < -0.4 is 0 Å². The van der Waals surface area contributed by atoms with E-state index in [1.165, 1.54) is 0 Å². The van der Waals surface area contributed by atoms with E-state index >= 15 is 0 Å². The second-order valence-electron chi connectivity index (χ2n) is 4.12. The van der Waals surface area contributed by atoms with E-state index in [4.69, 9.17) is 16.0 Å². The molecule has 0 unspecified atom stereocenters. The van der Waals surface area contributed by atoms with Crippen LogP contribution in [-0.4, -0.2) is 4.98 Å². The minimum atomic E-state index is 0.588. The number of benzene rings is 2. The highest BCUT2D eigenvalue weighted by atomic mass is 79.9. The summed E-state index contributed by atoms with van der Waals surface area (Å²) in [6.45, 7) is 2.03. The van der Waals surface area contributed by atoms with Gasteiger partial charge in [0.1, 0.15) is 5.52 Å². The van der Waals surface area contributed by atoms with E-state index in [0.717, 1.165) is 26.7 Å². The number of aromatic nitrogens is 1. The van der Waals surface area contributed by atoms with Gasteiger partial charge in [-0.3, -0.25) is 0 Å². The van der Waals surface area contributed by atoms with E-state index in [2.05, 4.69) is 20.9 Å². The fourth-order valence-electron chi connectivity index (χ4n) is 1.78. The molecule has 4 heteroatoms. The second-order valence-corrected chi connectivity index (χ2v) is 5.38. The van der Waals surface area contributed by atoms with Crippen LogP contribution >= 0.6 is 27.5 Å². The van der Waals surface area contributed by atoms with Gasteiger partial charge in [-0.05, 0) is 58.7 Å². The topological polar surface area (TPSA) is 26.0 Å². The average Bonchev–Trinajstić information content (AvgIpc) is 2.75. The number of hydrogen-bond acceptors (Lipinski definition) is 2. The molecule has 0 spiro atoms. The maximum atomic E-state index is 6.07. The van der Waals surface area contributed by atoms with Crippen LogP contribution in [0.5, 0.6) is 0 Å². The first-order valence-corrected chi connectivity index (χ1v) is 6.63. The molecule has 3 aromatic rings. The number of hydrogen-bond donors (Lipinski definition) is 0. The highest BCUT2D eigenvalue weighted by Crippen LogP contribution is 2.30. The molecule has 0 N–H and O–H groups in total. The Kier molecular flexibility index (Phi) is 2.88. The fraction of sp³-hybridized carbons (Fsp3) is 0.0714. The first-order valence-electron chi connectivity index (χ1n) is 5.46. The van der Waals surface area contributed by atoms with Crippen molar-refractivity contribution in [1.82, 2.24) is 4.98 Å². The van der Waals surface area contributed by atoms with Crippen molar-refractivity contribution in [3.8, 4) is 11.5 Å². The molecule has 1 aromatic heterocycles. The van der Waals surface area contributed by atoms with E-state index in [-0.39, 0.29) is 0 Å². The molecule has 1 heterocycles. The van der Waals surface area contributed by atoms with Gasteiger partial charge in [-0.25, -0.2) is 4.98 Å². The predicted octanol–water partition coefficient (Wildman–Crippen LogP) is 5.22. The molecule has 0 aliphatic heterocycles. The number of halogens is 2. The maximum Gasteiger partial charge on any atom is 0.227 e. The Balaban J connectivity index is 2.16. The number of nitrogens with zero attached hydrogens (tertiary/aromatic N) is 1. The third-order valence-electron chi connectivity index (χ3n) is 2.71. The molecule has 2 aromatic carbocycles. The molecule has 0 saturated carbocycles. The summed E-state index contributed by atoms with van der Waals surface area (Å²) in [6, 6.07) is 11.6. The molecule has 0 atom stereocenters. The quantitative estimate of drug-likeness (QED) is 0.614. The Morgan fingerprint density at radius 2 is 2.00 bits per heavy atom. The number of oxazole rings is 1. The molecule has 0 saturated heterocycles. The molecular weight excluding hydrogens is 314 g/mol. The van der Waals surface area contributed by atoms with Gasteiger partial charge in [-0.15, -0.1) is 0 Å². The third-order valence-corrected chi connectivity index (χ3v) is 3.94. The Hall–Kier alpha value is -1.32. The van der Waals surface area contributed by atoms with Crippen molar-refractivity contribution in [3.05, 3.63) is 51.5 Å². The van der Waals surface area contributed by atoms with Gasteiger partial charge in [-0.1, -0.05) is 17.7 Å². The molecule has 0 radical (unpaired) electrons. The molecule has 0 amide bonds. The summed E-state index contributed by atoms with van der Waals surface area (Å²) < 4.78 is 6.61. The highest BCUT2D eigenvalue weighted by molar-refractivity contribution is 9.10. The molecule has 2 nitrogen and oxygen atoms in total.